The minimum Gasteiger partial charge on any atom is -0.390 e. The van der Waals surface area contributed by atoms with Crippen LogP contribution in [0.5, 0.6) is 0 Å². The fraction of sp³-hybridized carbons (Fsp3) is 0.609. The third kappa shape index (κ3) is 7.11. The molecule has 0 saturated carbocycles. The number of guanidine groups is 1. The zero-order valence-corrected chi connectivity index (χ0v) is 21.9. The Labute approximate surface area is 213 Å². The molecule has 10 heteroatoms. The quantitative estimate of drug-likeness (QED) is 0.251. The molecule has 0 fully saturated rings. The summed E-state index contributed by atoms with van der Waals surface area (Å²) in [7, 11) is 1.65. The zero-order chi connectivity index (χ0) is 22.3. The fourth-order valence-corrected chi connectivity index (χ4v) is 4.44. The zero-order valence-electron chi connectivity index (χ0n) is 19.5. The number of fused-ring (bicyclic) bond motifs is 2. The Kier molecular flexibility index (Phi) is 9.90. The highest BCUT2D eigenvalue weighted by atomic mass is 127. The third-order valence-corrected chi connectivity index (χ3v) is 6.00. The van der Waals surface area contributed by atoms with E-state index in [1.165, 1.54) is 11.1 Å². The van der Waals surface area contributed by atoms with Gasteiger partial charge in [0, 0.05) is 45.8 Å². The summed E-state index contributed by atoms with van der Waals surface area (Å²) in [5.74, 6) is 2.48. The molecule has 0 amide bonds. The number of aryl methyl sites for hydroxylation is 1. The van der Waals surface area contributed by atoms with E-state index in [2.05, 4.69) is 54.9 Å². The van der Waals surface area contributed by atoms with Gasteiger partial charge in [-0.25, -0.2) is 9.67 Å². The van der Waals surface area contributed by atoms with Crippen LogP contribution in [0.1, 0.15) is 36.1 Å². The van der Waals surface area contributed by atoms with Gasteiger partial charge in [0.15, 0.2) is 11.8 Å². The summed E-state index contributed by atoms with van der Waals surface area (Å²) in [6.07, 6.45) is 2.37. The highest BCUT2D eigenvalue weighted by Gasteiger charge is 2.23. The van der Waals surface area contributed by atoms with Crippen molar-refractivity contribution in [3.8, 4) is 0 Å². The standard InChI is InChI=1S/C23H35N7O2.HI/c1-3-24-23(26-19-8-9-22-27-21(16-32-2)28-30(22)14-19)25-12-20(31)15-29-11-10-17-6-4-5-7-18(17)13-29;/h4-7,19-20,31H,3,8-16H2,1-2H3,(H2,24,25,26);1H. The Bertz CT molecular complexity index is 920. The van der Waals surface area contributed by atoms with Gasteiger partial charge in [0.05, 0.1) is 19.2 Å². The molecule has 1 aromatic heterocycles. The maximum atomic E-state index is 10.6. The molecule has 2 aliphatic heterocycles. The van der Waals surface area contributed by atoms with Gasteiger partial charge in [-0.2, -0.15) is 5.10 Å². The van der Waals surface area contributed by atoms with E-state index < -0.39 is 6.10 Å². The van der Waals surface area contributed by atoms with Crippen LogP contribution in [0.3, 0.4) is 0 Å². The molecule has 33 heavy (non-hydrogen) atoms. The number of aliphatic hydroxyl groups excluding tert-OH is 1. The molecule has 2 unspecified atom stereocenters. The molecule has 3 N–H and O–H groups in total. The summed E-state index contributed by atoms with van der Waals surface area (Å²) in [6, 6.07) is 8.79. The monoisotopic (exact) mass is 569 g/mol. The summed E-state index contributed by atoms with van der Waals surface area (Å²) >= 11 is 0. The molecule has 4 rings (SSSR count). The van der Waals surface area contributed by atoms with E-state index in [-0.39, 0.29) is 30.0 Å². The first-order chi connectivity index (χ1) is 15.6. The highest BCUT2D eigenvalue weighted by Crippen LogP contribution is 2.18. The Morgan fingerprint density at radius 3 is 2.91 bits per heavy atom. The number of aromatic nitrogens is 3. The first-order valence-corrected chi connectivity index (χ1v) is 11.6. The number of rotatable bonds is 8. The van der Waals surface area contributed by atoms with Gasteiger partial charge in [-0.1, -0.05) is 24.3 Å². The lowest BCUT2D eigenvalue weighted by atomic mass is 10.00. The van der Waals surface area contributed by atoms with Crippen LogP contribution in [0.25, 0.3) is 0 Å². The minimum atomic E-state index is -0.499. The van der Waals surface area contributed by atoms with Crippen molar-refractivity contribution in [3.63, 3.8) is 0 Å². The second kappa shape index (κ2) is 12.6. The van der Waals surface area contributed by atoms with Crippen LogP contribution in [0.15, 0.2) is 29.3 Å². The molecule has 9 nitrogen and oxygen atoms in total. The number of β-amino-alcohol motifs (C(OH)–C–C–N with tert-alkyl or cyclic N) is 1. The van der Waals surface area contributed by atoms with E-state index >= 15 is 0 Å². The maximum Gasteiger partial charge on any atom is 0.191 e. The Hall–Kier alpha value is -1.76. The normalized spacial score (nSPS) is 19.2. The number of nitrogens with zero attached hydrogens (tertiary/aromatic N) is 5. The average Bonchev–Trinajstić information content (AvgIpc) is 3.19. The molecule has 1 aromatic carbocycles. The lowest BCUT2D eigenvalue weighted by Crippen LogP contribution is -2.47. The molecule has 2 aliphatic rings. The van der Waals surface area contributed by atoms with E-state index in [1.807, 2.05) is 11.6 Å². The second-order valence-corrected chi connectivity index (χ2v) is 8.57. The molecule has 2 aromatic rings. The van der Waals surface area contributed by atoms with E-state index in [4.69, 9.17) is 4.74 Å². The van der Waals surface area contributed by atoms with Gasteiger partial charge in [-0.3, -0.25) is 9.89 Å². The topological polar surface area (TPSA) is 99.8 Å². The summed E-state index contributed by atoms with van der Waals surface area (Å²) in [5.41, 5.74) is 2.79. The molecule has 0 aliphatic carbocycles. The average molecular weight is 569 g/mol. The Morgan fingerprint density at radius 2 is 2.12 bits per heavy atom. The van der Waals surface area contributed by atoms with Crippen molar-refractivity contribution in [2.75, 3.05) is 33.3 Å². The predicted molar refractivity (Wildman–Crippen MR) is 139 cm³/mol. The fourth-order valence-electron chi connectivity index (χ4n) is 4.44. The van der Waals surface area contributed by atoms with E-state index in [1.54, 1.807) is 7.11 Å². The van der Waals surface area contributed by atoms with Crippen LogP contribution in [0, 0.1) is 0 Å². The second-order valence-electron chi connectivity index (χ2n) is 8.57. The van der Waals surface area contributed by atoms with Gasteiger partial charge < -0.3 is 20.5 Å². The van der Waals surface area contributed by atoms with Crippen LogP contribution in [-0.2, 0) is 37.3 Å². The van der Waals surface area contributed by atoms with Gasteiger partial charge in [-0.05, 0) is 30.9 Å². The number of hydrogen-bond donors (Lipinski definition) is 3. The van der Waals surface area contributed by atoms with Crippen molar-refractivity contribution in [2.45, 2.75) is 58.0 Å². The number of ether oxygens (including phenoxy) is 1. The number of hydrogen-bond acceptors (Lipinski definition) is 6. The van der Waals surface area contributed by atoms with E-state index in [0.717, 1.165) is 63.0 Å². The van der Waals surface area contributed by atoms with Crippen LogP contribution in [0.4, 0.5) is 0 Å². The summed E-state index contributed by atoms with van der Waals surface area (Å²) in [5, 5.41) is 22.0. The van der Waals surface area contributed by atoms with Gasteiger partial charge in [0.2, 0.25) is 0 Å². The van der Waals surface area contributed by atoms with Crippen molar-refractivity contribution in [1.29, 1.82) is 0 Å². The van der Waals surface area contributed by atoms with Crippen LogP contribution >= 0.6 is 24.0 Å². The molecule has 0 bridgehead atoms. The van der Waals surface area contributed by atoms with Crippen LogP contribution < -0.4 is 10.6 Å². The molecular weight excluding hydrogens is 533 g/mol. The van der Waals surface area contributed by atoms with Crippen molar-refractivity contribution in [3.05, 3.63) is 47.0 Å². The lowest BCUT2D eigenvalue weighted by Gasteiger charge is -2.30. The molecule has 3 heterocycles. The van der Waals surface area contributed by atoms with Gasteiger partial charge in [0.1, 0.15) is 12.4 Å². The number of nitrogens with one attached hydrogen (secondary N) is 2. The third-order valence-electron chi connectivity index (χ3n) is 6.00. The Balaban J connectivity index is 0.00000306. The summed E-state index contributed by atoms with van der Waals surface area (Å²) < 4.78 is 7.11. The number of aliphatic hydroxyl groups is 1. The lowest BCUT2D eigenvalue weighted by molar-refractivity contribution is 0.111. The number of halogens is 1. The first kappa shape index (κ1) is 25.9. The largest absolute Gasteiger partial charge is 0.390 e. The van der Waals surface area contributed by atoms with E-state index in [0.29, 0.717) is 19.7 Å². The number of methoxy groups -OCH3 is 1. The van der Waals surface area contributed by atoms with Gasteiger partial charge >= 0.3 is 0 Å². The predicted octanol–water partition coefficient (Wildman–Crippen LogP) is 1.33. The molecule has 2 atom stereocenters. The van der Waals surface area contributed by atoms with Crippen molar-refractivity contribution >= 4 is 29.9 Å². The molecule has 0 spiro atoms. The van der Waals surface area contributed by atoms with Gasteiger partial charge in [-0.15, -0.1) is 24.0 Å². The molecular formula is C23H36IN7O2. The summed E-state index contributed by atoms with van der Waals surface area (Å²) in [4.78, 5) is 11.5. The van der Waals surface area contributed by atoms with Gasteiger partial charge in [0.25, 0.3) is 0 Å². The maximum absolute atomic E-state index is 10.6. The summed E-state index contributed by atoms with van der Waals surface area (Å²) in [6.45, 7) is 6.86. The first-order valence-electron chi connectivity index (χ1n) is 11.6. The minimum absolute atomic E-state index is 0. The van der Waals surface area contributed by atoms with Crippen molar-refractivity contribution in [1.82, 2.24) is 30.3 Å². The highest BCUT2D eigenvalue weighted by molar-refractivity contribution is 14.0. The smallest absolute Gasteiger partial charge is 0.191 e. The van der Waals surface area contributed by atoms with Crippen molar-refractivity contribution < 1.29 is 9.84 Å². The molecule has 0 saturated heterocycles. The SMILES string of the molecule is CCNC(=NCC(O)CN1CCc2ccccc2C1)NC1CCc2nc(COC)nn2C1.I. The Morgan fingerprint density at radius 1 is 1.30 bits per heavy atom. The number of benzene rings is 1. The van der Waals surface area contributed by atoms with Crippen LogP contribution in [0.2, 0.25) is 0 Å². The van der Waals surface area contributed by atoms with Crippen LogP contribution in [-0.4, -0.2) is 76.2 Å². The molecule has 0 radical (unpaired) electrons. The number of aliphatic imine (C=N–C) groups is 1. The molecule has 182 valence electrons. The van der Waals surface area contributed by atoms with Crippen molar-refractivity contribution in [2.24, 2.45) is 4.99 Å². The van der Waals surface area contributed by atoms with E-state index in [9.17, 15) is 5.11 Å².